The van der Waals surface area contributed by atoms with Crippen molar-refractivity contribution < 1.29 is 14.5 Å². The molecule has 0 saturated carbocycles. The fraction of sp³-hybridized carbons (Fsp3) is 0.417. The molecule has 1 amide bonds. The summed E-state index contributed by atoms with van der Waals surface area (Å²) in [5.74, 6) is 0.108. The van der Waals surface area contributed by atoms with E-state index in [-0.39, 0.29) is 29.6 Å². The van der Waals surface area contributed by atoms with E-state index in [0.717, 1.165) is 0 Å². The molecule has 1 aromatic rings. The van der Waals surface area contributed by atoms with Crippen LogP contribution in [0.15, 0.2) is 18.2 Å². The van der Waals surface area contributed by atoms with Crippen LogP contribution in [-0.4, -0.2) is 49.0 Å². The highest BCUT2D eigenvalue weighted by Gasteiger charge is 2.26. The first-order valence-corrected chi connectivity index (χ1v) is 5.96. The van der Waals surface area contributed by atoms with Gasteiger partial charge in [-0.2, -0.15) is 0 Å². The van der Waals surface area contributed by atoms with Gasteiger partial charge in [0.25, 0.3) is 11.6 Å². The average molecular weight is 302 g/mol. The normalized spacial score (nSPS) is 14.3. The van der Waals surface area contributed by atoms with E-state index < -0.39 is 4.92 Å². The van der Waals surface area contributed by atoms with E-state index in [4.69, 9.17) is 4.74 Å². The molecule has 0 aromatic heterocycles. The molecule has 1 saturated heterocycles. The minimum Gasteiger partial charge on any atom is -0.497 e. The second-order valence-electron chi connectivity index (χ2n) is 4.18. The molecular weight excluding hydrogens is 286 g/mol. The van der Waals surface area contributed by atoms with Crippen molar-refractivity contribution in [3.8, 4) is 5.75 Å². The minimum absolute atomic E-state index is 0. The van der Waals surface area contributed by atoms with Crippen molar-refractivity contribution >= 4 is 24.0 Å². The molecule has 2 rings (SSSR count). The number of nitro benzene ring substituents is 1. The van der Waals surface area contributed by atoms with E-state index in [1.54, 1.807) is 4.90 Å². The second-order valence-corrected chi connectivity index (χ2v) is 4.18. The van der Waals surface area contributed by atoms with Gasteiger partial charge in [0, 0.05) is 32.2 Å². The van der Waals surface area contributed by atoms with Gasteiger partial charge < -0.3 is 15.0 Å². The van der Waals surface area contributed by atoms with Gasteiger partial charge in [0.2, 0.25) is 0 Å². The standard InChI is InChI=1S/C12H15N3O4.ClH/c1-19-9-2-3-11(15(17)18)10(8-9)12(16)14-6-4-13-5-7-14;/h2-3,8,13H,4-7H2,1H3;1H. The summed E-state index contributed by atoms with van der Waals surface area (Å²) in [6.45, 7) is 2.49. The number of nitrogens with zero attached hydrogens (tertiary/aromatic N) is 2. The van der Waals surface area contributed by atoms with E-state index in [2.05, 4.69) is 5.32 Å². The van der Waals surface area contributed by atoms with Crippen LogP contribution in [0.4, 0.5) is 5.69 Å². The van der Waals surface area contributed by atoms with Crippen LogP contribution in [0.2, 0.25) is 0 Å². The summed E-state index contributed by atoms with van der Waals surface area (Å²) in [5, 5.41) is 14.1. The lowest BCUT2D eigenvalue weighted by Gasteiger charge is -2.27. The largest absolute Gasteiger partial charge is 0.497 e. The number of ether oxygens (including phenoxy) is 1. The number of carbonyl (C=O) groups is 1. The predicted octanol–water partition coefficient (Wildman–Crippen LogP) is 1.07. The Morgan fingerprint density at radius 2 is 2.05 bits per heavy atom. The number of hydrogen-bond acceptors (Lipinski definition) is 5. The zero-order valence-corrected chi connectivity index (χ0v) is 11.8. The predicted molar refractivity (Wildman–Crippen MR) is 75.7 cm³/mol. The summed E-state index contributed by atoms with van der Waals surface area (Å²) in [4.78, 5) is 24.4. The topological polar surface area (TPSA) is 84.7 Å². The maximum atomic E-state index is 12.3. The number of halogens is 1. The summed E-state index contributed by atoms with van der Waals surface area (Å²) in [7, 11) is 1.46. The summed E-state index contributed by atoms with van der Waals surface area (Å²) < 4.78 is 5.02. The van der Waals surface area contributed by atoms with Crippen molar-refractivity contribution in [3.05, 3.63) is 33.9 Å². The molecule has 110 valence electrons. The quantitative estimate of drug-likeness (QED) is 0.667. The Morgan fingerprint density at radius 3 is 2.60 bits per heavy atom. The Hall–Kier alpha value is -1.86. The molecule has 1 aliphatic rings. The van der Waals surface area contributed by atoms with Crippen LogP contribution in [0.25, 0.3) is 0 Å². The first-order chi connectivity index (χ1) is 9.13. The van der Waals surface area contributed by atoms with Gasteiger partial charge in [0.15, 0.2) is 0 Å². The molecule has 1 heterocycles. The molecule has 0 aliphatic carbocycles. The smallest absolute Gasteiger partial charge is 0.282 e. The average Bonchev–Trinajstić information content (AvgIpc) is 2.46. The van der Waals surface area contributed by atoms with Crippen molar-refractivity contribution in [2.24, 2.45) is 0 Å². The van der Waals surface area contributed by atoms with Gasteiger partial charge in [0.1, 0.15) is 11.3 Å². The summed E-state index contributed by atoms with van der Waals surface area (Å²) >= 11 is 0. The Kier molecular flexibility index (Phi) is 5.72. The highest BCUT2D eigenvalue weighted by Crippen LogP contribution is 2.25. The molecule has 0 radical (unpaired) electrons. The molecule has 1 aliphatic heterocycles. The van der Waals surface area contributed by atoms with Crippen LogP contribution < -0.4 is 10.1 Å². The number of methoxy groups -OCH3 is 1. The highest BCUT2D eigenvalue weighted by atomic mass is 35.5. The molecule has 20 heavy (non-hydrogen) atoms. The number of piperazine rings is 1. The number of nitrogens with one attached hydrogen (secondary N) is 1. The molecule has 0 unspecified atom stereocenters. The molecule has 1 N–H and O–H groups in total. The SMILES string of the molecule is COc1ccc([N+](=O)[O-])c(C(=O)N2CCNCC2)c1.Cl. The van der Waals surface area contributed by atoms with Crippen LogP contribution in [-0.2, 0) is 0 Å². The van der Waals surface area contributed by atoms with Gasteiger partial charge in [-0.05, 0) is 12.1 Å². The lowest BCUT2D eigenvalue weighted by molar-refractivity contribution is -0.385. The lowest BCUT2D eigenvalue weighted by Crippen LogP contribution is -2.46. The summed E-state index contributed by atoms with van der Waals surface area (Å²) in [5.41, 5.74) is -0.115. The van der Waals surface area contributed by atoms with Crippen LogP contribution in [0.5, 0.6) is 5.75 Å². The third-order valence-electron chi connectivity index (χ3n) is 3.04. The summed E-state index contributed by atoms with van der Waals surface area (Å²) in [6.07, 6.45) is 0. The molecule has 7 nitrogen and oxygen atoms in total. The fourth-order valence-electron chi connectivity index (χ4n) is 2.01. The third-order valence-corrected chi connectivity index (χ3v) is 3.04. The molecule has 0 bridgehead atoms. The number of benzene rings is 1. The van der Waals surface area contributed by atoms with Gasteiger partial charge in [-0.25, -0.2) is 0 Å². The van der Waals surface area contributed by atoms with E-state index in [9.17, 15) is 14.9 Å². The van der Waals surface area contributed by atoms with E-state index in [0.29, 0.717) is 31.9 Å². The number of hydrogen-bond donors (Lipinski definition) is 1. The van der Waals surface area contributed by atoms with Crippen molar-refractivity contribution in [3.63, 3.8) is 0 Å². The Morgan fingerprint density at radius 1 is 1.40 bits per heavy atom. The Labute approximate surface area is 122 Å². The van der Waals surface area contributed by atoms with Gasteiger partial charge in [-0.15, -0.1) is 12.4 Å². The van der Waals surface area contributed by atoms with Gasteiger partial charge in [-0.1, -0.05) is 0 Å². The fourth-order valence-corrected chi connectivity index (χ4v) is 2.01. The minimum atomic E-state index is -0.547. The Bertz CT molecular complexity index is 503. The van der Waals surface area contributed by atoms with Crippen molar-refractivity contribution in [2.45, 2.75) is 0 Å². The first kappa shape index (κ1) is 16.2. The van der Waals surface area contributed by atoms with Crippen LogP contribution in [0.3, 0.4) is 0 Å². The number of rotatable bonds is 3. The maximum Gasteiger partial charge on any atom is 0.282 e. The Balaban J connectivity index is 0.00000200. The zero-order valence-electron chi connectivity index (χ0n) is 11.0. The third kappa shape index (κ3) is 3.37. The van der Waals surface area contributed by atoms with E-state index in [1.807, 2.05) is 0 Å². The first-order valence-electron chi connectivity index (χ1n) is 5.96. The molecule has 0 spiro atoms. The monoisotopic (exact) mass is 301 g/mol. The maximum absolute atomic E-state index is 12.3. The van der Waals surface area contributed by atoms with Crippen molar-refractivity contribution in [1.82, 2.24) is 10.2 Å². The zero-order chi connectivity index (χ0) is 13.8. The van der Waals surface area contributed by atoms with Crippen molar-refractivity contribution in [1.29, 1.82) is 0 Å². The number of amides is 1. The molecule has 8 heteroatoms. The second kappa shape index (κ2) is 7.06. The number of carbonyl (C=O) groups excluding carboxylic acids is 1. The van der Waals surface area contributed by atoms with Crippen LogP contribution in [0.1, 0.15) is 10.4 Å². The molecule has 0 atom stereocenters. The van der Waals surface area contributed by atoms with Gasteiger partial charge >= 0.3 is 0 Å². The van der Waals surface area contributed by atoms with Crippen LogP contribution >= 0.6 is 12.4 Å². The molecule has 1 fully saturated rings. The van der Waals surface area contributed by atoms with Gasteiger partial charge in [0.05, 0.1) is 12.0 Å². The van der Waals surface area contributed by atoms with E-state index in [1.165, 1.54) is 25.3 Å². The van der Waals surface area contributed by atoms with Crippen LogP contribution in [0, 0.1) is 10.1 Å². The lowest BCUT2D eigenvalue weighted by atomic mass is 10.1. The highest BCUT2D eigenvalue weighted by molar-refractivity contribution is 5.98. The summed E-state index contributed by atoms with van der Waals surface area (Å²) in [6, 6.07) is 4.20. The number of nitro groups is 1. The van der Waals surface area contributed by atoms with E-state index >= 15 is 0 Å². The molecule has 1 aromatic carbocycles. The van der Waals surface area contributed by atoms with Crippen molar-refractivity contribution in [2.75, 3.05) is 33.3 Å². The van der Waals surface area contributed by atoms with Gasteiger partial charge in [-0.3, -0.25) is 14.9 Å². The molecular formula is C12H16ClN3O4.